The third-order valence-electron chi connectivity index (χ3n) is 4.21. The van der Waals surface area contributed by atoms with Crippen LogP contribution in [0.25, 0.3) is 0 Å². The van der Waals surface area contributed by atoms with Crippen molar-refractivity contribution in [2.24, 2.45) is 5.92 Å². The van der Waals surface area contributed by atoms with Gasteiger partial charge in [-0.25, -0.2) is 0 Å². The van der Waals surface area contributed by atoms with Gasteiger partial charge < -0.3 is 5.11 Å². The zero-order valence-electron chi connectivity index (χ0n) is 12.0. The number of nitrogens with zero attached hydrogens (tertiary/aromatic N) is 1. The van der Waals surface area contributed by atoms with Gasteiger partial charge >= 0.3 is 0 Å². The molecule has 1 aliphatic rings. The molecule has 0 saturated heterocycles. The number of hydrogen-bond acceptors (Lipinski definition) is 2. The lowest BCUT2D eigenvalue weighted by Crippen LogP contribution is -2.33. The van der Waals surface area contributed by atoms with Crippen LogP contribution in [-0.2, 0) is 6.42 Å². The molecule has 0 radical (unpaired) electrons. The van der Waals surface area contributed by atoms with Crippen LogP contribution in [-0.4, -0.2) is 23.1 Å². The number of phenolic OH excluding ortho intramolecular Hbond substituents is 1. The van der Waals surface area contributed by atoms with E-state index in [1.165, 1.54) is 12.0 Å². The van der Waals surface area contributed by atoms with Crippen LogP contribution in [0.15, 0.2) is 18.2 Å². The summed E-state index contributed by atoms with van der Waals surface area (Å²) in [5, 5.41) is 9.90. The van der Waals surface area contributed by atoms with Crippen molar-refractivity contribution in [3.8, 4) is 5.75 Å². The highest BCUT2D eigenvalue weighted by Gasteiger charge is 2.29. The van der Waals surface area contributed by atoms with Gasteiger partial charge in [0.15, 0.2) is 0 Å². The Bertz CT molecular complexity index is 414. The summed E-state index contributed by atoms with van der Waals surface area (Å²) in [6.45, 7) is 6.86. The summed E-state index contributed by atoms with van der Waals surface area (Å²) in [5.41, 5.74) is 2.49. The van der Waals surface area contributed by atoms with Crippen LogP contribution in [0.1, 0.15) is 50.8 Å². The second-order valence-corrected chi connectivity index (χ2v) is 6.04. The van der Waals surface area contributed by atoms with E-state index in [9.17, 15) is 5.11 Å². The average molecular weight is 247 g/mol. The third-order valence-corrected chi connectivity index (χ3v) is 4.21. The summed E-state index contributed by atoms with van der Waals surface area (Å²) in [4.78, 5) is 2.48. The topological polar surface area (TPSA) is 23.5 Å². The monoisotopic (exact) mass is 247 g/mol. The van der Waals surface area contributed by atoms with Gasteiger partial charge in [0.25, 0.3) is 0 Å². The molecule has 0 saturated carbocycles. The molecule has 0 aliphatic heterocycles. The second-order valence-electron chi connectivity index (χ2n) is 6.04. The third kappa shape index (κ3) is 2.54. The van der Waals surface area contributed by atoms with Gasteiger partial charge in [0.2, 0.25) is 0 Å². The summed E-state index contributed by atoms with van der Waals surface area (Å²) in [6.07, 6.45) is 3.36. The Balaban J connectivity index is 2.15. The summed E-state index contributed by atoms with van der Waals surface area (Å²) in [5.74, 6) is 1.20. The maximum absolute atomic E-state index is 9.90. The van der Waals surface area contributed by atoms with Gasteiger partial charge in [-0.1, -0.05) is 26.0 Å². The lowest BCUT2D eigenvalue weighted by molar-refractivity contribution is 0.164. The highest BCUT2D eigenvalue weighted by Crippen LogP contribution is 2.40. The fourth-order valence-corrected chi connectivity index (χ4v) is 3.19. The van der Waals surface area contributed by atoms with Crippen LogP contribution in [0, 0.1) is 5.92 Å². The first-order chi connectivity index (χ1) is 8.50. The molecule has 0 bridgehead atoms. The molecular weight excluding hydrogens is 222 g/mol. The molecule has 100 valence electrons. The number of rotatable bonds is 4. The fraction of sp³-hybridized carbons (Fsp3) is 0.625. The SMILES string of the molecule is CC(C)CC(C)N(C)C1CCc2c(O)cccc21. The zero-order chi connectivity index (χ0) is 13.3. The van der Waals surface area contributed by atoms with E-state index in [1.54, 1.807) is 6.07 Å². The summed E-state index contributed by atoms with van der Waals surface area (Å²) in [6, 6.07) is 7.00. The predicted molar refractivity (Wildman–Crippen MR) is 75.8 cm³/mol. The van der Waals surface area contributed by atoms with Gasteiger partial charge in [-0.2, -0.15) is 0 Å². The number of fused-ring (bicyclic) bond motifs is 1. The van der Waals surface area contributed by atoms with Crippen molar-refractivity contribution >= 4 is 0 Å². The van der Waals surface area contributed by atoms with Crippen molar-refractivity contribution in [2.75, 3.05) is 7.05 Å². The number of hydrogen-bond donors (Lipinski definition) is 1. The van der Waals surface area contributed by atoms with E-state index in [1.807, 2.05) is 6.07 Å². The van der Waals surface area contributed by atoms with E-state index < -0.39 is 0 Å². The van der Waals surface area contributed by atoms with Gasteiger partial charge in [0.05, 0.1) is 0 Å². The molecule has 1 aromatic carbocycles. The molecule has 2 unspecified atom stereocenters. The van der Waals surface area contributed by atoms with Crippen LogP contribution in [0.3, 0.4) is 0 Å². The molecule has 1 N–H and O–H groups in total. The summed E-state index contributed by atoms with van der Waals surface area (Å²) < 4.78 is 0. The Labute approximate surface area is 111 Å². The van der Waals surface area contributed by atoms with E-state index in [4.69, 9.17) is 0 Å². The molecule has 0 heterocycles. The molecule has 2 heteroatoms. The Morgan fingerprint density at radius 3 is 2.72 bits per heavy atom. The van der Waals surface area contributed by atoms with Gasteiger partial charge in [-0.15, -0.1) is 0 Å². The van der Waals surface area contributed by atoms with Crippen LogP contribution in [0.2, 0.25) is 0 Å². The standard InChI is InChI=1S/C16H25NO/c1-11(2)10-12(3)17(4)15-9-8-14-13(15)6-5-7-16(14)18/h5-7,11-12,15,18H,8-10H2,1-4H3. The minimum absolute atomic E-state index is 0.472. The normalized spacial score (nSPS) is 20.4. The fourth-order valence-electron chi connectivity index (χ4n) is 3.19. The highest BCUT2D eigenvalue weighted by atomic mass is 16.3. The lowest BCUT2D eigenvalue weighted by Gasteiger charge is -2.32. The zero-order valence-corrected chi connectivity index (χ0v) is 12.0. The molecule has 0 spiro atoms. The van der Waals surface area contributed by atoms with Gasteiger partial charge in [-0.3, -0.25) is 4.90 Å². The maximum Gasteiger partial charge on any atom is 0.119 e. The van der Waals surface area contributed by atoms with Crippen LogP contribution in [0.4, 0.5) is 0 Å². The Morgan fingerprint density at radius 1 is 1.33 bits per heavy atom. The van der Waals surface area contributed by atoms with Crippen LogP contribution >= 0.6 is 0 Å². The number of benzene rings is 1. The van der Waals surface area contributed by atoms with Crippen molar-refractivity contribution in [2.45, 2.75) is 52.1 Å². The Morgan fingerprint density at radius 2 is 2.06 bits per heavy atom. The second kappa shape index (κ2) is 5.31. The largest absolute Gasteiger partial charge is 0.508 e. The average Bonchev–Trinajstić information content (AvgIpc) is 2.72. The van der Waals surface area contributed by atoms with E-state index in [0.717, 1.165) is 24.3 Å². The Hall–Kier alpha value is -1.02. The molecule has 18 heavy (non-hydrogen) atoms. The first-order valence-electron chi connectivity index (χ1n) is 7.03. The smallest absolute Gasteiger partial charge is 0.119 e. The molecule has 1 aliphatic carbocycles. The molecule has 1 aromatic rings. The van der Waals surface area contributed by atoms with E-state index in [0.29, 0.717) is 17.8 Å². The molecule has 0 aromatic heterocycles. The maximum atomic E-state index is 9.90. The van der Waals surface area contributed by atoms with Crippen molar-refractivity contribution in [3.63, 3.8) is 0 Å². The van der Waals surface area contributed by atoms with Crippen LogP contribution < -0.4 is 0 Å². The molecule has 0 amide bonds. The van der Waals surface area contributed by atoms with Gasteiger partial charge in [0, 0.05) is 12.1 Å². The first-order valence-corrected chi connectivity index (χ1v) is 7.03. The molecule has 2 nitrogen and oxygen atoms in total. The Kier molecular flexibility index (Phi) is 3.96. The number of aromatic hydroxyl groups is 1. The summed E-state index contributed by atoms with van der Waals surface area (Å²) in [7, 11) is 2.22. The van der Waals surface area contributed by atoms with Crippen molar-refractivity contribution in [1.82, 2.24) is 4.90 Å². The molecule has 0 fully saturated rings. The molecule has 2 atom stereocenters. The first kappa shape index (κ1) is 13.4. The van der Waals surface area contributed by atoms with Crippen LogP contribution in [0.5, 0.6) is 5.75 Å². The highest BCUT2D eigenvalue weighted by molar-refractivity contribution is 5.44. The quantitative estimate of drug-likeness (QED) is 0.876. The molecular formula is C16H25NO. The summed E-state index contributed by atoms with van der Waals surface area (Å²) >= 11 is 0. The van der Waals surface area contributed by atoms with Crippen molar-refractivity contribution in [1.29, 1.82) is 0 Å². The number of phenols is 1. The minimum atomic E-state index is 0.472. The van der Waals surface area contributed by atoms with Gasteiger partial charge in [-0.05, 0) is 56.3 Å². The van der Waals surface area contributed by atoms with Gasteiger partial charge in [0.1, 0.15) is 5.75 Å². The molecule has 2 rings (SSSR count). The van der Waals surface area contributed by atoms with E-state index in [-0.39, 0.29) is 0 Å². The lowest BCUT2D eigenvalue weighted by atomic mass is 10.0. The van der Waals surface area contributed by atoms with Crippen molar-refractivity contribution < 1.29 is 5.11 Å². The van der Waals surface area contributed by atoms with E-state index >= 15 is 0 Å². The van der Waals surface area contributed by atoms with E-state index in [2.05, 4.69) is 38.8 Å². The predicted octanol–water partition coefficient (Wildman–Crippen LogP) is 3.75. The minimum Gasteiger partial charge on any atom is -0.508 e. The van der Waals surface area contributed by atoms with Crippen molar-refractivity contribution in [3.05, 3.63) is 29.3 Å².